The Balaban J connectivity index is 1.95. The van der Waals surface area contributed by atoms with Crippen molar-refractivity contribution < 1.29 is 22.7 Å². The van der Waals surface area contributed by atoms with E-state index in [0.717, 1.165) is 10.2 Å². The first-order chi connectivity index (χ1) is 13.5. The summed E-state index contributed by atoms with van der Waals surface area (Å²) in [5.74, 6) is 0.0457. The number of carbonyl (C=O) groups is 1. The van der Waals surface area contributed by atoms with Crippen molar-refractivity contribution >= 4 is 22.6 Å². The minimum absolute atomic E-state index is 0.0566. The number of nitrogens with zero attached hydrogens (tertiary/aromatic N) is 4. The maximum atomic E-state index is 13.0. The Bertz CT molecular complexity index is 1020. The fraction of sp³-hybridized carbons (Fsp3) is 0.421. The van der Waals surface area contributed by atoms with Crippen LogP contribution in [0.2, 0.25) is 0 Å². The number of amides is 1. The Labute approximate surface area is 165 Å². The Hall–Kier alpha value is -3.04. The van der Waals surface area contributed by atoms with Gasteiger partial charge in [0.2, 0.25) is 5.91 Å². The lowest BCUT2D eigenvalue weighted by atomic mass is 10.2. The van der Waals surface area contributed by atoms with Gasteiger partial charge in [-0.25, -0.2) is 0 Å². The summed E-state index contributed by atoms with van der Waals surface area (Å²) in [7, 11) is 0. The number of carbonyl (C=O) groups excluding carboxylic acids is 1. The van der Waals surface area contributed by atoms with Crippen molar-refractivity contribution in [2.24, 2.45) is 0 Å². The molecule has 7 nitrogen and oxygen atoms in total. The SMILES string of the molecule is Cc1cnn(C(C)C(=O)Nc2nn(CC(F)(F)F)c3cc(OC(C)C)ccc23)c1. The molecule has 2 aromatic heterocycles. The van der Waals surface area contributed by atoms with Crippen molar-refractivity contribution in [1.82, 2.24) is 19.6 Å². The fourth-order valence-corrected chi connectivity index (χ4v) is 2.87. The normalized spacial score (nSPS) is 13.1. The topological polar surface area (TPSA) is 74.0 Å². The second kappa shape index (κ2) is 7.76. The first-order valence-corrected chi connectivity index (χ1v) is 9.09. The Kier molecular flexibility index (Phi) is 5.54. The number of fused-ring (bicyclic) bond motifs is 1. The van der Waals surface area contributed by atoms with Crippen LogP contribution in [0.5, 0.6) is 5.75 Å². The molecule has 0 aliphatic heterocycles. The average molecular weight is 409 g/mol. The number of alkyl halides is 3. The highest BCUT2D eigenvalue weighted by atomic mass is 19.4. The highest BCUT2D eigenvalue weighted by molar-refractivity contribution is 6.01. The third-order valence-electron chi connectivity index (χ3n) is 4.17. The molecule has 1 aromatic carbocycles. The van der Waals surface area contributed by atoms with E-state index in [9.17, 15) is 18.0 Å². The number of hydrogen-bond donors (Lipinski definition) is 1. The van der Waals surface area contributed by atoms with E-state index in [0.29, 0.717) is 11.1 Å². The lowest BCUT2D eigenvalue weighted by Crippen LogP contribution is -2.24. The van der Waals surface area contributed by atoms with Gasteiger partial charge in [-0.15, -0.1) is 0 Å². The number of aromatic nitrogens is 4. The van der Waals surface area contributed by atoms with E-state index in [1.807, 2.05) is 20.8 Å². The summed E-state index contributed by atoms with van der Waals surface area (Å²) >= 11 is 0. The molecule has 0 aliphatic carbocycles. The van der Waals surface area contributed by atoms with Crippen LogP contribution in [-0.4, -0.2) is 37.7 Å². The van der Waals surface area contributed by atoms with Gasteiger partial charge in [0.1, 0.15) is 18.3 Å². The second-order valence-electron chi connectivity index (χ2n) is 7.13. The van der Waals surface area contributed by atoms with E-state index < -0.39 is 24.7 Å². The molecule has 1 unspecified atom stereocenters. The Morgan fingerprint density at radius 2 is 2.00 bits per heavy atom. The van der Waals surface area contributed by atoms with Crippen molar-refractivity contribution in [3.63, 3.8) is 0 Å². The van der Waals surface area contributed by atoms with Gasteiger partial charge < -0.3 is 10.1 Å². The van der Waals surface area contributed by atoms with Gasteiger partial charge in [0.25, 0.3) is 0 Å². The van der Waals surface area contributed by atoms with Gasteiger partial charge in [0, 0.05) is 17.6 Å². The van der Waals surface area contributed by atoms with Gasteiger partial charge in [-0.05, 0) is 45.4 Å². The zero-order valence-corrected chi connectivity index (χ0v) is 16.5. The number of benzene rings is 1. The largest absolute Gasteiger partial charge is 0.491 e. The first kappa shape index (κ1) is 20.7. The van der Waals surface area contributed by atoms with Crippen LogP contribution in [0.3, 0.4) is 0 Å². The zero-order chi connectivity index (χ0) is 21.3. The van der Waals surface area contributed by atoms with Gasteiger partial charge >= 0.3 is 6.18 Å². The number of hydrogen-bond acceptors (Lipinski definition) is 4. The number of ether oxygens (including phenoxy) is 1. The van der Waals surface area contributed by atoms with E-state index in [2.05, 4.69) is 15.5 Å². The molecule has 0 radical (unpaired) electrons. The van der Waals surface area contributed by atoms with Crippen LogP contribution < -0.4 is 10.1 Å². The lowest BCUT2D eigenvalue weighted by molar-refractivity contribution is -0.141. The molecule has 0 aliphatic rings. The molecule has 0 spiro atoms. The monoisotopic (exact) mass is 409 g/mol. The summed E-state index contributed by atoms with van der Waals surface area (Å²) in [6.07, 6.45) is -1.27. The van der Waals surface area contributed by atoms with Gasteiger partial charge in [-0.2, -0.15) is 23.4 Å². The first-order valence-electron chi connectivity index (χ1n) is 9.09. The van der Waals surface area contributed by atoms with Crippen LogP contribution in [0.25, 0.3) is 10.9 Å². The van der Waals surface area contributed by atoms with Crippen LogP contribution in [0, 0.1) is 6.92 Å². The lowest BCUT2D eigenvalue weighted by Gasteiger charge is -2.11. The van der Waals surface area contributed by atoms with Crippen molar-refractivity contribution in [3.05, 3.63) is 36.2 Å². The number of nitrogens with one attached hydrogen (secondary N) is 1. The van der Waals surface area contributed by atoms with Crippen LogP contribution in [-0.2, 0) is 11.3 Å². The van der Waals surface area contributed by atoms with Crippen LogP contribution in [0.15, 0.2) is 30.6 Å². The molecule has 0 fully saturated rings. The molecular weight excluding hydrogens is 387 g/mol. The molecule has 3 aromatic rings. The molecule has 3 rings (SSSR count). The summed E-state index contributed by atoms with van der Waals surface area (Å²) in [6, 6.07) is 4.06. The molecule has 156 valence electrons. The molecule has 0 saturated heterocycles. The molecule has 29 heavy (non-hydrogen) atoms. The van der Waals surface area contributed by atoms with Crippen molar-refractivity contribution in [2.45, 2.75) is 52.6 Å². The predicted molar refractivity (Wildman–Crippen MR) is 102 cm³/mol. The van der Waals surface area contributed by atoms with Gasteiger partial charge in [0.05, 0.1) is 17.8 Å². The fourth-order valence-electron chi connectivity index (χ4n) is 2.87. The van der Waals surface area contributed by atoms with E-state index in [1.54, 1.807) is 31.5 Å². The maximum Gasteiger partial charge on any atom is 0.408 e. The standard InChI is InChI=1S/C19H22F3N5O2/c1-11(2)29-14-5-6-15-16(7-14)27(10-19(20,21)22)25-17(15)24-18(28)13(4)26-9-12(3)8-23-26/h5-9,11,13H,10H2,1-4H3,(H,24,25,28). The zero-order valence-electron chi connectivity index (χ0n) is 16.5. The average Bonchev–Trinajstić information content (AvgIpc) is 3.17. The van der Waals surface area contributed by atoms with Crippen LogP contribution in [0.4, 0.5) is 19.0 Å². The summed E-state index contributed by atoms with van der Waals surface area (Å²) in [4.78, 5) is 12.6. The molecule has 0 bridgehead atoms. The van der Waals surface area contributed by atoms with E-state index in [4.69, 9.17) is 4.74 Å². The molecule has 10 heteroatoms. The molecule has 1 N–H and O–H groups in total. The Morgan fingerprint density at radius 1 is 1.28 bits per heavy atom. The highest BCUT2D eigenvalue weighted by Gasteiger charge is 2.30. The smallest absolute Gasteiger partial charge is 0.408 e. The maximum absolute atomic E-state index is 13.0. The van der Waals surface area contributed by atoms with Gasteiger partial charge in [-0.1, -0.05) is 0 Å². The molecule has 0 saturated carbocycles. The second-order valence-corrected chi connectivity index (χ2v) is 7.13. The summed E-state index contributed by atoms with van der Waals surface area (Å²) in [6.45, 7) is 5.85. The van der Waals surface area contributed by atoms with Crippen LogP contribution in [0.1, 0.15) is 32.4 Å². The number of halogens is 3. The van der Waals surface area contributed by atoms with Gasteiger partial charge in [-0.3, -0.25) is 14.2 Å². The Morgan fingerprint density at radius 3 is 2.59 bits per heavy atom. The highest BCUT2D eigenvalue weighted by Crippen LogP contribution is 2.30. The van der Waals surface area contributed by atoms with Gasteiger partial charge in [0.15, 0.2) is 5.82 Å². The summed E-state index contributed by atoms with van der Waals surface area (Å²) < 4.78 is 46.9. The minimum atomic E-state index is -4.46. The minimum Gasteiger partial charge on any atom is -0.491 e. The predicted octanol–water partition coefficient (Wildman–Crippen LogP) is 4.09. The quantitative estimate of drug-likeness (QED) is 0.666. The van der Waals surface area contributed by atoms with Crippen molar-refractivity contribution in [2.75, 3.05) is 5.32 Å². The van der Waals surface area contributed by atoms with E-state index in [1.165, 1.54) is 10.7 Å². The van der Waals surface area contributed by atoms with Crippen molar-refractivity contribution in [1.29, 1.82) is 0 Å². The van der Waals surface area contributed by atoms with E-state index >= 15 is 0 Å². The summed E-state index contributed by atoms with van der Waals surface area (Å²) in [5.41, 5.74) is 1.11. The van der Waals surface area contributed by atoms with E-state index in [-0.39, 0.29) is 17.4 Å². The third kappa shape index (κ3) is 4.87. The number of anilines is 1. The summed E-state index contributed by atoms with van der Waals surface area (Å²) in [5, 5.41) is 11.1. The molecule has 1 atom stereocenters. The van der Waals surface area contributed by atoms with Crippen LogP contribution >= 0.6 is 0 Å². The number of aryl methyl sites for hydroxylation is 1. The molecule has 2 heterocycles. The molecular formula is C19H22F3N5O2. The van der Waals surface area contributed by atoms with Crippen molar-refractivity contribution in [3.8, 4) is 5.75 Å². The number of rotatable bonds is 6. The molecule has 1 amide bonds. The third-order valence-corrected chi connectivity index (χ3v) is 4.17.